The lowest BCUT2D eigenvalue weighted by Gasteiger charge is -2.11. The zero-order valence-corrected chi connectivity index (χ0v) is 9.90. The number of halogens is 1. The summed E-state index contributed by atoms with van der Waals surface area (Å²) >= 11 is 0. The van der Waals surface area contributed by atoms with E-state index in [1.807, 2.05) is 0 Å². The summed E-state index contributed by atoms with van der Waals surface area (Å²) in [4.78, 5) is 0. The normalized spacial score (nSPS) is 12.5. The van der Waals surface area contributed by atoms with E-state index in [-0.39, 0.29) is 5.82 Å². The van der Waals surface area contributed by atoms with E-state index in [1.165, 1.54) is 6.07 Å². The molecule has 0 aliphatic heterocycles. The Morgan fingerprint density at radius 2 is 2.06 bits per heavy atom. The van der Waals surface area contributed by atoms with Crippen molar-refractivity contribution >= 4 is 0 Å². The lowest BCUT2D eigenvalue weighted by molar-refractivity contribution is 0.186. The lowest BCUT2D eigenvalue weighted by Crippen LogP contribution is -2.04. The fourth-order valence-electron chi connectivity index (χ4n) is 1.38. The molecule has 0 bridgehead atoms. The first-order valence-corrected chi connectivity index (χ1v) is 5.29. The van der Waals surface area contributed by atoms with E-state index in [4.69, 9.17) is 9.15 Å². The molecule has 0 aliphatic rings. The van der Waals surface area contributed by atoms with Gasteiger partial charge in [0.2, 0.25) is 5.89 Å². The van der Waals surface area contributed by atoms with Crippen LogP contribution in [0, 0.1) is 19.7 Å². The lowest BCUT2D eigenvalue weighted by atomic mass is 10.2. The van der Waals surface area contributed by atoms with Gasteiger partial charge in [-0.2, -0.15) is 0 Å². The second-order valence-corrected chi connectivity index (χ2v) is 3.83. The molecular formula is C12H13FN2O2. The smallest absolute Gasteiger partial charge is 0.256 e. The first-order chi connectivity index (χ1) is 8.06. The molecule has 0 amide bonds. The maximum atomic E-state index is 13.3. The number of hydrogen-bond acceptors (Lipinski definition) is 4. The van der Waals surface area contributed by atoms with E-state index in [0.717, 1.165) is 0 Å². The number of ether oxygens (including phenoxy) is 1. The molecule has 1 aromatic heterocycles. The second-order valence-electron chi connectivity index (χ2n) is 3.83. The van der Waals surface area contributed by atoms with Crippen LogP contribution in [0.15, 0.2) is 22.6 Å². The predicted octanol–water partition coefficient (Wildman–Crippen LogP) is 2.97. The fourth-order valence-corrected chi connectivity index (χ4v) is 1.38. The number of nitrogens with zero attached hydrogens (tertiary/aromatic N) is 2. The summed E-state index contributed by atoms with van der Waals surface area (Å²) in [7, 11) is 0. The van der Waals surface area contributed by atoms with E-state index >= 15 is 0 Å². The highest BCUT2D eigenvalue weighted by Gasteiger charge is 2.14. The van der Waals surface area contributed by atoms with Crippen LogP contribution in [0.1, 0.15) is 30.4 Å². The van der Waals surface area contributed by atoms with E-state index in [2.05, 4.69) is 10.2 Å². The average Bonchev–Trinajstić information content (AvgIpc) is 2.70. The van der Waals surface area contributed by atoms with Crippen LogP contribution < -0.4 is 4.74 Å². The van der Waals surface area contributed by atoms with Crippen LogP contribution >= 0.6 is 0 Å². The third-order valence-electron chi connectivity index (χ3n) is 2.35. The minimum absolute atomic E-state index is 0.295. The summed E-state index contributed by atoms with van der Waals surface area (Å²) in [6.45, 7) is 5.17. The molecule has 0 unspecified atom stereocenters. The van der Waals surface area contributed by atoms with Gasteiger partial charge in [0.1, 0.15) is 11.6 Å². The predicted molar refractivity (Wildman–Crippen MR) is 59.2 cm³/mol. The van der Waals surface area contributed by atoms with Crippen LogP contribution in [0.2, 0.25) is 0 Å². The van der Waals surface area contributed by atoms with Gasteiger partial charge in [-0.1, -0.05) is 6.07 Å². The van der Waals surface area contributed by atoms with Gasteiger partial charge < -0.3 is 9.15 Å². The van der Waals surface area contributed by atoms with Crippen molar-refractivity contribution in [3.8, 4) is 5.75 Å². The van der Waals surface area contributed by atoms with Crippen molar-refractivity contribution in [2.45, 2.75) is 26.9 Å². The van der Waals surface area contributed by atoms with Gasteiger partial charge in [0.15, 0.2) is 6.10 Å². The largest absolute Gasteiger partial charge is 0.481 e. The molecule has 5 heteroatoms. The van der Waals surface area contributed by atoms with Crippen molar-refractivity contribution in [2.24, 2.45) is 0 Å². The molecule has 4 nitrogen and oxygen atoms in total. The summed E-state index contributed by atoms with van der Waals surface area (Å²) in [5.41, 5.74) is 0.582. The molecular weight excluding hydrogens is 223 g/mol. The first kappa shape index (κ1) is 11.6. The SMILES string of the molecule is Cc1nnc([C@H](C)Oc2ccc(C)c(F)c2)o1. The highest BCUT2D eigenvalue weighted by molar-refractivity contribution is 5.28. The van der Waals surface area contributed by atoms with Gasteiger partial charge in [-0.05, 0) is 25.5 Å². The van der Waals surface area contributed by atoms with Gasteiger partial charge in [0, 0.05) is 13.0 Å². The average molecular weight is 236 g/mol. The molecule has 90 valence electrons. The highest BCUT2D eigenvalue weighted by atomic mass is 19.1. The molecule has 0 spiro atoms. The molecule has 0 saturated carbocycles. The molecule has 0 saturated heterocycles. The number of benzene rings is 1. The van der Waals surface area contributed by atoms with Gasteiger partial charge in [-0.15, -0.1) is 10.2 Å². The Balaban J connectivity index is 2.12. The van der Waals surface area contributed by atoms with Crippen LogP contribution in [0.4, 0.5) is 4.39 Å². The number of aromatic nitrogens is 2. The van der Waals surface area contributed by atoms with Crippen molar-refractivity contribution in [3.63, 3.8) is 0 Å². The van der Waals surface area contributed by atoms with Crippen LogP contribution in [0.25, 0.3) is 0 Å². The quantitative estimate of drug-likeness (QED) is 0.822. The molecule has 2 rings (SSSR count). The van der Waals surface area contributed by atoms with E-state index < -0.39 is 6.10 Å². The van der Waals surface area contributed by atoms with Gasteiger partial charge in [-0.25, -0.2) is 4.39 Å². The van der Waals surface area contributed by atoms with Crippen molar-refractivity contribution in [1.29, 1.82) is 0 Å². The summed E-state index contributed by atoms with van der Waals surface area (Å²) in [5.74, 6) is 1.00. The number of aryl methyl sites for hydroxylation is 2. The maximum absolute atomic E-state index is 13.3. The van der Waals surface area contributed by atoms with Crippen LogP contribution in [-0.2, 0) is 0 Å². The van der Waals surface area contributed by atoms with Crippen molar-refractivity contribution < 1.29 is 13.5 Å². The van der Waals surface area contributed by atoms with E-state index in [0.29, 0.717) is 23.1 Å². The third kappa shape index (κ3) is 2.61. The topological polar surface area (TPSA) is 48.2 Å². The van der Waals surface area contributed by atoms with Crippen LogP contribution in [0.5, 0.6) is 5.75 Å². The second kappa shape index (κ2) is 4.53. The highest BCUT2D eigenvalue weighted by Crippen LogP contribution is 2.22. The van der Waals surface area contributed by atoms with Crippen LogP contribution in [-0.4, -0.2) is 10.2 Å². The minimum Gasteiger partial charge on any atom is -0.481 e. The Labute approximate surface area is 98.4 Å². The Kier molecular flexibility index (Phi) is 3.08. The summed E-state index contributed by atoms with van der Waals surface area (Å²) in [5, 5.41) is 7.56. The van der Waals surface area contributed by atoms with Crippen molar-refractivity contribution in [3.05, 3.63) is 41.4 Å². The zero-order chi connectivity index (χ0) is 12.4. The minimum atomic E-state index is -0.404. The molecule has 0 radical (unpaired) electrons. The van der Waals surface area contributed by atoms with E-state index in [1.54, 1.807) is 32.9 Å². The Bertz CT molecular complexity index is 525. The summed E-state index contributed by atoms with van der Waals surface area (Å²) < 4.78 is 24.0. The standard InChI is InChI=1S/C12H13FN2O2/c1-7-4-5-10(6-11(7)13)16-8(2)12-15-14-9(3)17-12/h4-6,8H,1-3H3/t8-/m0/s1. The molecule has 0 aliphatic carbocycles. The molecule has 1 aromatic carbocycles. The Morgan fingerprint density at radius 3 is 2.65 bits per heavy atom. The Hall–Kier alpha value is -1.91. The molecule has 1 heterocycles. The third-order valence-corrected chi connectivity index (χ3v) is 2.35. The monoisotopic (exact) mass is 236 g/mol. The maximum Gasteiger partial charge on any atom is 0.256 e. The summed E-state index contributed by atoms with van der Waals surface area (Å²) in [6, 6.07) is 4.71. The van der Waals surface area contributed by atoms with Gasteiger partial charge in [0.05, 0.1) is 0 Å². The van der Waals surface area contributed by atoms with Gasteiger partial charge in [0.25, 0.3) is 5.89 Å². The summed E-state index contributed by atoms with van der Waals surface area (Å²) in [6.07, 6.45) is -0.404. The van der Waals surface area contributed by atoms with Crippen LogP contribution in [0.3, 0.4) is 0 Å². The number of rotatable bonds is 3. The van der Waals surface area contributed by atoms with Gasteiger partial charge in [-0.3, -0.25) is 0 Å². The zero-order valence-electron chi connectivity index (χ0n) is 9.90. The molecule has 0 N–H and O–H groups in total. The molecule has 2 aromatic rings. The van der Waals surface area contributed by atoms with Gasteiger partial charge >= 0.3 is 0 Å². The fraction of sp³-hybridized carbons (Fsp3) is 0.333. The van der Waals surface area contributed by atoms with Crippen molar-refractivity contribution in [2.75, 3.05) is 0 Å². The first-order valence-electron chi connectivity index (χ1n) is 5.29. The number of hydrogen-bond donors (Lipinski definition) is 0. The van der Waals surface area contributed by atoms with E-state index in [9.17, 15) is 4.39 Å². The molecule has 0 fully saturated rings. The molecule has 17 heavy (non-hydrogen) atoms. The van der Waals surface area contributed by atoms with Crippen molar-refractivity contribution in [1.82, 2.24) is 10.2 Å². The molecule has 1 atom stereocenters. The Morgan fingerprint density at radius 1 is 1.29 bits per heavy atom.